The highest BCUT2D eigenvalue weighted by Crippen LogP contribution is 2.31. The smallest absolute Gasteiger partial charge is 0.308 e. The lowest BCUT2D eigenvalue weighted by Crippen LogP contribution is -2.08. The molecule has 4 nitrogen and oxygen atoms in total. The standard InChI is InChI=1S/C21H26O4/c1-6-17-11-15(4)21(12-14(17)3)24-13-18-19(23-7-2)9-8-10-20(18)25-16(5)22/h8-12H,6-7,13H2,1-5H3. The minimum Gasteiger partial charge on any atom is -0.493 e. The summed E-state index contributed by atoms with van der Waals surface area (Å²) in [5, 5.41) is 0. The quantitative estimate of drug-likeness (QED) is 0.537. The molecule has 0 bridgehead atoms. The molecule has 4 heteroatoms. The van der Waals surface area contributed by atoms with Gasteiger partial charge in [0.2, 0.25) is 0 Å². The number of hydrogen-bond acceptors (Lipinski definition) is 4. The fourth-order valence-corrected chi connectivity index (χ4v) is 2.76. The van der Waals surface area contributed by atoms with Gasteiger partial charge in [-0.25, -0.2) is 0 Å². The van der Waals surface area contributed by atoms with Crippen LogP contribution in [0.5, 0.6) is 17.2 Å². The van der Waals surface area contributed by atoms with Crippen molar-refractivity contribution in [2.75, 3.05) is 6.61 Å². The second-order valence-corrected chi connectivity index (χ2v) is 5.95. The number of ether oxygens (including phenoxy) is 3. The summed E-state index contributed by atoms with van der Waals surface area (Å²) in [5.74, 6) is 1.60. The number of benzene rings is 2. The minimum absolute atomic E-state index is 0.268. The van der Waals surface area contributed by atoms with Crippen LogP contribution in [0.3, 0.4) is 0 Å². The number of carbonyl (C=O) groups excluding carboxylic acids is 1. The van der Waals surface area contributed by atoms with Gasteiger partial charge in [0.1, 0.15) is 23.9 Å². The Bertz CT molecular complexity index is 750. The molecule has 0 saturated heterocycles. The van der Waals surface area contributed by atoms with Crippen molar-refractivity contribution in [1.29, 1.82) is 0 Å². The van der Waals surface area contributed by atoms with E-state index in [4.69, 9.17) is 14.2 Å². The Morgan fingerprint density at radius 3 is 2.32 bits per heavy atom. The molecule has 134 valence electrons. The Hall–Kier alpha value is -2.49. The first-order valence-electron chi connectivity index (χ1n) is 8.62. The van der Waals surface area contributed by atoms with Gasteiger partial charge in [0.15, 0.2) is 0 Å². The highest BCUT2D eigenvalue weighted by Gasteiger charge is 2.14. The van der Waals surface area contributed by atoms with Gasteiger partial charge in [-0.05, 0) is 62.1 Å². The van der Waals surface area contributed by atoms with Crippen molar-refractivity contribution in [3.8, 4) is 17.2 Å². The van der Waals surface area contributed by atoms with Gasteiger partial charge in [-0.1, -0.05) is 19.1 Å². The van der Waals surface area contributed by atoms with E-state index in [9.17, 15) is 4.79 Å². The Balaban J connectivity index is 2.30. The molecule has 0 aliphatic heterocycles. The highest BCUT2D eigenvalue weighted by atomic mass is 16.5. The van der Waals surface area contributed by atoms with Gasteiger partial charge in [0.25, 0.3) is 0 Å². The Morgan fingerprint density at radius 2 is 1.68 bits per heavy atom. The van der Waals surface area contributed by atoms with Crippen LogP contribution in [0.15, 0.2) is 30.3 Å². The summed E-state index contributed by atoms with van der Waals surface area (Å²) in [6, 6.07) is 9.63. The van der Waals surface area contributed by atoms with Gasteiger partial charge < -0.3 is 14.2 Å². The number of esters is 1. The Morgan fingerprint density at radius 1 is 0.960 bits per heavy atom. The topological polar surface area (TPSA) is 44.8 Å². The molecule has 25 heavy (non-hydrogen) atoms. The van der Waals surface area contributed by atoms with Crippen LogP contribution >= 0.6 is 0 Å². The molecule has 0 aromatic heterocycles. The number of carbonyl (C=O) groups is 1. The molecule has 0 amide bonds. The van der Waals surface area contributed by atoms with Crippen LogP contribution in [0.1, 0.15) is 43.0 Å². The average Bonchev–Trinajstić information content (AvgIpc) is 2.56. The lowest BCUT2D eigenvalue weighted by Gasteiger charge is -2.17. The summed E-state index contributed by atoms with van der Waals surface area (Å²) in [6.07, 6.45) is 0.997. The van der Waals surface area contributed by atoms with Crippen LogP contribution in [-0.4, -0.2) is 12.6 Å². The molecule has 0 heterocycles. The number of aryl methyl sites for hydroxylation is 3. The molecular weight excluding hydrogens is 316 g/mol. The maximum atomic E-state index is 11.4. The van der Waals surface area contributed by atoms with Crippen molar-refractivity contribution in [1.82, 2.24) is 0 Å². The molecule has 0 spiro atoms. The zero-order chi connectivity index (χ0) is 18.4. The molecule has 0 N–H and O–H groups in total. The molecule has 2 aromatic carbocycles. The van der Waals surface area contributed by atoms with Gasteiger partial charge in [0, 0.05) is 6.92 Å². The molecule has 2 aromatic rings. The first-order valence-corrected chi connectivity index (χ1v) is 8.62. The summed E-state index contributed by atoms with van der Waals surface area (Å²) in [7, 11) is 0. The zero-order valence-electron chi connectivity index (χ0n) is 15.6. The zero-order valence-corrected chi connectivity index (χ0v) is 15.6. The van der Waals surface area contributed by atoms with Gasteiger partial charge in [-0.15, -0.1) is 0 Å². The fourth-order valence-electron chi connectivity index (χ4n) is 2.76. The van der Waals surface area contributed by atoms with Crippen molar-refractivity contribution in [3.63, 3.8) is 0 Å². The lowest BCUT2D eigenvalue weighted by molar-refractivity contribution is -0.131. The maximum absolute atomic E-state index is 11.4. The van der Waals surface area contributed by atoms with E-state index in [1.54, 1.807) is 12.1 Å². The Kier molecular flexibility index (Phi) is 6.45. The van der Waals surface area contributed by atoms with Gasteiger partial charge in [-0.3, -0.25) is 4.79 Å². The molecular formula is C21H26O4. The SMILES string of the molecule is CCOc1cccc(OC(C)=O)c1COc1cc(C)c(CC)cc1C. The van der Waals surface area contributed by atoms with Crippen LogP contribution < -0.4 is 14.2 Å². The van der Waals surface area contributed by atoms with E-state index in [2.05, 4.69) is 26.0 Å². The van der Waals surface area contributed by atoms with Gasteiger partial charge in [-0.2, -0.15) is 0 Å². The second-order valence-electron chi connectivity index (χ2n) is 5.95. The molecule has 0 saturated carbocycles. The van der Waals surface area contributed by atoms with Crippen molar-refractivity contribution >= 4 is 5.97 Å². The predicted molar refractivity (Wildman–Crippen MR) is 98.5 cm³/mol. The minimum atomic E-state index is -0.366. The Labute approximate surface area is 149 Å². The van der Waals surface area contributed by atoms with Crippen LogP contribution in [0, 0.1) is 13.8 Å². The van der Waals surface area contributed by atoms with E-state index in [0.29, 0.717) is 18.1 Å². The monoisotopic (exact) mass is 342 g/mol. The fraction of sp³-hybridized carbons (Fsp3) is 0.381. The molecule has 0 aliphatic carbocycles. The third-order valence-corrected chi connectivity index (χ3v) is 4.03. The number of hydrogen-bond donors (Lipinski definition) is 0. The van der Waals surface area contributed by atoms with Crippen LogP contribution in [0.4, 0.5) is 0 Å². The van der Waals surface area contributed by atoms with Crippen molar-refractivity contribution in [2.24, 2.45) is 0 Å². The third-order valence-electron chi connectivity index (χ3n) is 4.03. The molecule has 0 atom stereocenters. The van der Waals surface area contributed by atoms with Crippen molar-refractivity contribution in [3.05, 3.63) is 52.6 Å². The summed E-state index contributed by atoms with van der Waals surface area (Å²) in [5.41, 5.74) is 4.35. The van der Waals surface area contributed by atoms with E-state index in [1.165, 1.54) is 18.1 Å². The predicted octanol–water partition coefficient (Wildman–Crippen LogP) is 4.77. The molecule has 2 rings (SSSR count). The summed E-state index contributed by atoms with van der Waals surface area (Å²) in [4.78, 5) is 11.4. The van der Waals surface area contributed by atoms with Crippen LogP contribution in [-0.2, 0) is 17.8 Å². The molecule has 0 radical (unpaired) electrons. The first kappa shape index (κ1) is 18.8. The summed E-state index contributed by atoms with van der Waals surface area (Å²) < 4.78 is 17.0. The summed E-state index contributed by atoms with van der Waals surface area (Å²) in [6.45, 7) is 10.4. The molecule has 0 aliphatic rings. The van der Waals surface area contributed by atoms with Crippen LogP contribution in [0.25, 0.3) is 0 Å². The largest absolute Gasteiger partial charge is 0.493 e. The van der Waals surface area contributed by atoms with E-state index in [0.717, 1.165) is 23.3 Å². The lowest BCUT2D eigenvalue weighted by atomic mass is 10.0. The van der Waals surface area contributed by atoms with Crippen LogP contribution in [0.2, 0.25) is 0 Å². The maximum Gasteiger partial charge on any atom is 0.308 e. The van der Waals surface area contributed by atoms with E-state index < -0.39 is 0 Å². The molecule has 0 fully saturated rings. The average molecular weight is 342 g/mol. The van der Waals surface area contributed by atoms with Gasteiger partial charge in [0.05, 0.1) is 12.2 Å². The number of rotatable bonds is 7. The van der Waals surface area contributed by atoms with Crippen molar-refractivity contribution in [2.45, 2.75) is 47.6 Å². The highest BCUT2D eigenvalue weighted by molar-refractivity contribution is 5.70. The van der Waals surface area contributed by atoms with E-state index in [1.807, 2.05) is 19.9 Å². The first-order chi connectivity index (χ1) is 12.0. The van der Waals surface area contributed by atoms with Crippen molar-refractivity contribution < 1.29 is 19.0 Å². The van der Waals surface area contributed by atoms with E-state index in [-0.39, 0.29) is 12.6 Å². The van der Waals surface area contributed by atoms with Gasteiger partial charge >= 0.3 is 5.97 Å². The normalized spacial score (nSPS) is 10.4. The summed E-state index contributed by atoms with van der Waals surface area (Å²) >= 11 is 0. The second kappa shape index (κ2) is 8.56. The third kappa shape index (κ3) is 4.75. The van der Waals surface area contributed by atoms with E-state index >= 15 is 0 Å². The molecule has 0 unspecified atom stereocenters.